The maximum Gasteiger partial charge on any atom is 0.361 e. The molecule has 4 aromatic rings. The van der Waals surface area contributed by atoms with Crippen LogP contribution >= 0.6 is 0 Å². The minimum Gasteiger partial charge on any atom is -0.491 e. The maximum absolute atomic E-state index is 12.5. The van der Waals surface area contributed by atoms with Crippen LogP contribution in [0.2, 0.25) is 0 Å². The Morgan fingerprint density at radius 1 is 1.10 bits per heavy atom. The lowest BCUT2D eigenvalue weighted by atomic mass is 10.2. The number of esters is 1. The zero-order valence-electron chi connectivity index (χ0n) is 16.3. The van der Waals surface area contributed by atoms with Gasteiger partial charge < -0.3 is 9.47 Å². The molecule has 0 spiro atoms. The van der Waals surface area contributed by atoms with Crippen LogP contribution in [0.15, 0.2) is 42.5 Å². The number of carbonyl (C=O) groups excluding carboxylic acids is 1. The normalized spacial score (nSPS) is 11.2. The molecule has 0 bridgehead atoms. The molecule has 0 atom stereocenters. The molecule has 0 radical (unpaired) electrons. The van der Waals surface area contributed by atoms with Crippen molar-refractivity contribution >= 4 is 17.0 Å². The van der Waals surface area contributed by atoms with E-state index in [-0.39, 0.29) is 18.4 Å². The molecule has 9 nitrogen and oxygen atoms in total. The summed E-state index contributed by atoms with van der Waals surface area (Å²) in [5.41, 5.74) is 3.83. The van der Waals surface area contributed by atoms with Crippen LogP contribution in [0.4, 0.5) is 0 Å². The number of hydrogen-bond acceptors (Lipinski definition) is 7. The van der Waals surface area contributed by atoms with Gasteiger partial charge in [0.15, 0.2) is 5.69 Å². The van der Waals surface area contributed by atoms with Crippen LogP contribution in [-0.2, 0) is 11.3 Å². The van der Waals surface area contributed by atoms with Gasteiger partial charge in [-0.05, 0) is 62.7 Å². The lowest BCUT2D eigenvalue weighted by Gasteiger charge is -2.10. The third kappa shape index (κ3) is 3.93. The minimum atomic E-state index is -0.534. The Labute approximate surface area is 166 Å². The van der Waals surface area contributed by atoms with Gasteiger partial charge in [-0.25, -0.2) is 9.48 Å². The van der Waals surface area contributed by atoms with E-state index in [0.29, 0.717) is 11.2 Å². The first kappa shape index (κ1) is 18.6. The molecule has 2 heterocycles. The molecule has 2 aromatic carbocycles. The maximum atomic E-state index is 12.5. The summed E-state index contributed by atoms with van der Waals surface area (Å²) in [7, 11) is 0. The number of hydrogen-bond donors (Lipinski definition) is 1. The molecule has 0 aliphatic rings. The summed E-state index contributed by atoms with van der Waals surface area (Å²) in [5, 5.41) is 18.7. The fraction of sp³-hybridized carbons (Fsp3) is 0.250. The summed E-state index contributed by atoms with van der Waals surface area (Å²) in [6, 6.07) is 12.9. The largest absolute Gasteiger partial charge is 0.491 e. The molecule has 0 aliphatic carbocycles. The Morgan fingerprint density at radius 3 is 2.62 bits per heavy atom. The van der Waals surface area contributed by atoms with E-state index in [1.165, 1.54) is 0 Å². The van der Waals surface area contributed by atoms with E-state index in [4.69, 9.17) is 9.47 Å². The van der Waals surface area contributed by atoms with Gasteiger partial charge >= 0.3 is 5.97 Å². The average Bonchev–Trinajstić information content (AvgIpc) is 3.32. The van der Waals surface area contributed by atoms with Crippen molar-refractivity contribution < 1.29 is 14.3 Å². The molecule has 9 heteroatoms. The number of nitrogens with one attached hydrogen (secondary N) is 1. The molecular formula is C20H20N6O3. The van der Waals surface area contributed by atoms with Crippen molar-refractivity contribution in [1.29, 1.82) is 0 Å². The molecule has 0 unspecified atom stereocenters. The fourth-order valence-electron chi connectivity index (χ4n) is 2.89. The molecule has 0 fully saturated rings. The van der Waals surface area contributed by atoms with E-state index in [0.717, 1.165) is 22.5 Å². The lowest BCUT2D eigenvalue weighted by Crippen LogP contribution is -2.08. The minimum absolute atomic E-state index is 0.0975. The van der Waals surface area contributed by atoms with E-state index in [1.807, 2.05) is 56.3 Å². The highest BCUT2D eigenvalue weighted by Crippen LogP contribution is 2.19. The highest BCUT2D eigenvalue weighted by molar-refractivity contribution is 5.88. The quantitative estimate of drug-likeness (QED) is 0.503. The fourth-order valence-corrected chi connectivity index (χ4v) is 2.89. The van der Waals surface area contributed by atoms with Crippen molar-refractivity contribution in [2.45, 2.75) is 33.5 Å². The lowest BCUT2D eigenvalue weighted by molar-refractivity contribution is 0.0465. The molecule has 0 saturated carbocycles. The van der Waals surface area contributed by atoms with Crippen LogP contribution in [0.1, 0.15) is 35.6 Å². The van der Waals surface area contributed by atoms with Crippen LogP contribution in [0.25, 0.3) is 16.7 Å². The van der Waals surface area contributed by atoms with Gasteiger partial charge in [0.05, 0.1) is 17.5 Å². The molecule has 1 N–H and O–H groups in total. The Morgan fingerprint density at radius 2 is 1.86 bits per heavy atom. The van der Waals surface area contributed by atoms with Crippen LogP contribution in [0.5, 0.6) is 5.75 Å². The summed E-state index contributed by atoms with van der Waals surface area (Å²) < 4.78 is 12.6. The summed E-state index contributed by atoms with van der Waals surface area (Å²) >= 11 is 0. The van der Waals surface area contributed by atoms with Gasteiger partial charge in [0, 0.05) is 0 Å². The predicted octanol–water partition coefficient (Wildman–Crippen LogP) is 2.99. The molecule has 2 aromatic heterocycles. The van der Waals surface area contributed by atoms with Gasteiger partial charge in [0.2, 0.25) is 0 Å². The molecule has 148 valence electrons. The zero-order valence-corrected chi connectivity index (χ0v) is 16.3. The van der Waals surface area contributed by atoms with E-state index in [1.54, 1.807) is 11.6 Å². The van der Waals surface area contributed by atoms with Gasteiger partial charge in [0.1, 0.15) is 23.4 Å². The highest BCUT2D eigenvalue weighted by Gasteiger charge is 2.19. The average molecular weight is 392 g/mol. The zero-order chi connectivity index (χ0) is 20.4. The van der Waals surface area contributed by atoms with Crippen molar-refractivity contribution in [3.63, 3.8) is 0 Å². The van der Waals surface area contributed by atoms with Crippen molar-refractivity contribution in [3.05, 3.63) is 59.4 Å². The SMILES string of the molecule is Cc1c(C(=O)OCc2ccc3n[nH]nc3c2)nnn1-c1ccc(OC(C)C)cc1. The van der Waals surface area contributed by atoms with Gasteiger partial charge in [-0.1, -0.05) is 11.3 Å². The monoisotopic (exact) mass is 392 g/mol. The smallest absolute Gasteiger partial charge is 0.361 e. The molecular weight excluding hydrogens is 372 g/mol. The number of H-pyrrole nitrogens is 1. The second-order valence-electron chi connectivity index (χ2n) is 6.82. The molecule has 29 heavy (non-hydrogen) atoms. The summed E-state index contributed by atoms with van der Waals surface area (Å²) in [4.78, 5) is 12.5. The van der Waals surface area contributed by atoms with Gasteiger partial charge in [-0.15, -0.1) is 5.10 Å². The van der Waals surface area contributed by atoms with Crippen LogP contribution < -0.4 is 4.74 Å². The highest BCUT2D eigenvalue weighted by atomic mass is 16.5. The summed E-state index contributed by atoms with van der Waals surface area (Å²) in [5.74, 6) is 0.235. The Hall–Kier alpha value is -3.75. The topological polar surface area (TPSA) is 108 Å². The van der Waals surface area contributed by atoms with Crippen molar-refractivity contribution in [3.8, 4) is 11.4 Å². The number of rotatable bonds is 6. The number of aromatic nitrogens is 6. The van der Waals surface area contributed by atoms with Crippen LogP contribution in [0.3, 0.4) is 0 Å². The molecule has 0 aliphatic heterocycles. The Bertz CT molecular complexity index is 1150. The van der Waals surface area contributed by atoms with Gasteiger partial charge in [-0.3, -0.25) is 0 Å². The Kier molecular flexibility index (Phi) is 4.94. The van der Waals surface area contributed by atoms with E-state index in [9.17, 15) is 4.79 Å². The number of aromatic amines is 1. The Balaban J connectivity index is 1.46. The van der Waals surface area contributed by atoms with Gasteiger partial charge in [-0.2, -0.15) is 15.4 Å². The second kappa shape index (κ2) is 7.70. The summed E-state index contributed by atoms with van der Waals surface area (Å²) in [6.45, 7) is 5.82. The molecule has 4 rings (SSSR count). The third-order valence-corrected chi connectivity index (χ3v) is 4.29. The predicted molar refractivity (Wildman–Crippen MR) is 105 cm³/mol. The molecule has 0 amide bonds. The number of ether oxygens (including phenoxy) is 2. The van der Waals surface area contributed by atoms with Crippen molar-refractivity contribution in [2.75, 3.05) is 0 Å². The number of fused-ring (bicyclic) bond motifs is 1. The van der Waals surface area contributed by atoms with Crippen molar-refractivity contribution in [2.24, 2.45) is 0 Å². The number of benzene rings is 2. The first-order valence-corrected chi connectivity index (χ1v) is 9.17. The molecule has 0 saturated heterocycles. The number of nitrogens with zero attached hydrogens (tertiary/aromatic N) is 5. The first-order chi connectivity index (χ1) is 14.0. The van der Waals surface area contributed by atoms with Crippen molar-refractivity contribution in [1.82, 2.24) is 30.4 Å². The van der Waals surface area contributed by atoms with Gasteiger partial charge in [0.25, 0.3) is 0 Å². The summed E-state index contributed by atoms with van der Waals surface area (Å²) in [6.07, 6.45) is 0.0975. The van der Waals surface area contributed by atoms with E-state index >= 15 is 0 Å². The van der Waals surface area contributed by atoms with E-state index < -0.39 is 5.97 Å². The van der Waals surface area contributed by atoms with Crippen LogP contribution in [0, 0.1) is 6.92 Å². The second-order valence-corrected chi connectivity index (χ2v) is 6.82. The third-order valence-electron chi connectivity index (χ3n) is 4.29. The van der Waals surface area contributed by atoms with Crippen LogP contribution in [-0.4, -0.2) is 42.5 Å². The first-order valence-electron chi connectivity index (χ1n) is 9.17. The van der Waals surface area contributed by atoms with E-state index in [2.05, 4.69) is 25.7 Å². The number of carbonyl (C=O) groups is 1. The standard InChI is InChI=1S/C20H20N6O3/c1-12(2)29-16-7-5-15(6-8-16)26-13(3)19(23-25-26)20(27)28-11-14-4-9-17-18(10-14)22-24-21-17/h4-10,12H,11H2,1-3H3,(H,21,22,24).